The van der Waals surface area contributed by atoms with Crippen LogP contribution in [-0.4, -0.2) is 43.0 Å². The normalized spacial score (nSPS) is 17.3. The van der Waals surface area contributed by atoms with Crippen molar-refractivity contribution < 1.29 is 14.3 Å². The maximum Gasteiger partial charge on any atom is 0.309 e. The SMILES string of the molecule is CCOC(=O)C1CCN(CC(=O)N[C@H](C)c2ccccc2Cl)CC1. The molecule has 1 saturated heterocycles. The highest BCUT2D eigenvalue weighted by atomic mass is 35.5. The lowest BCUT2D eigenvalue weighted by Gasteiger charge is -2.30. The largest absolute Gasteiger partial charge is 0.466 e. The number of benzene rings is 1. The van der Waals surface area contributed by atoms with Gasteiger partial charge in [-0.05, 0) is 51.4 Å². The Kier molecular flexibility index (Phi) is 7.06. The van der Waals surface area contributed by atoms with Crippen LogP contribution in [0, 0.1) is 5.92 Å². The first-order chi connectivity index (χ1) is 11.5. The molecule has 0 unspecified atom stereocenters. The van der Waals surface area contributed by atoms with E-state index in [0.717, 1.165) is 31.5 Å². The van der Waals surface area contributed by atoms with E-state index in [1.54, 1.807) is 0 Å². The van der Waals surface area contributed by atoms with Gasteiger partial charge in [0.15, 0.2) is 0 Å². The van der Waals surface area contributed by atoms with E-state index >= 15 is 0 Å². The molecule has 132 valence electrons. The number of likely N-dealkylation sites (tertiary alicyclic amines) is 1. The zero-order valence-electron chi connectivity index (χ0n) is 14.3. The fourth-order valence-corrected chi connectivity index (χ4v) is 3.28. The molecule has 0 spiro atoms. The number of piperidine rings is 1. The van der Waals surface area contributed by atoms with E-state index < -0.39 is 0 Å². The van der Waals surface area contributed by atoms with Crippen LogP contribution in [0.25, 0.3) is 0 Å². The zero-order chi connectivity index (χ0) is 17.5. The van der Waals surface area contributed by atoms with Crippen LogP contribution >= 0.6 is 11.6 Å². The molecule has 1 fully saturated rings. The van der Waals surface area contributed by atoms with Crippen molar-refractivity contribution in [1.29, 1.82) is 0 Å². The lowest BCUT2D eigenvalue weighted by Crippen LogP contribution is -2.43. The van der Waals surface area contributed by atoms with Crippen molar-refractivity contribution in [3.05, 3.63) is 34.9 Å². The molecule has 1 N–H and O–H groups in total. The van der Waals surface area contributed by atoms with Gasteiger partial charge in [-0.3, -0.25) is 14.5 Å². The minimum absolute atomic E-state index is 0.0306. The van der Waals surface area contributed by atoms with E-state index in [1.807, 2.05) is 38.1 Å². The van der Waals surface area contributed by atoms with Gasteiger partial charge in [-0.1, -0.05) is 29.8 Å². The lowest BCUT2D eigenvalue weighted by molar-refractivity contribution is -0.149. The van der Waals surface area contributed by atoms with Gasteiger partial charge in [0.25, 0.3) is 0 Å². The molecular weight excluding hydrogens is 328 g/mol. The highest BCUT2D eigenvalue weighted by Gasteiger charge is 2.27. The molecule has 0 aliphatic carbocycles. The van der Waals surface area contributed by atoms with E-state index in [2.05, 4.69) is 10.2 Å². The molecule has 2 rings (SSSR count). The van der Waals surface area contributed by atoms with E-state index in [0.29, 0.717) is 18.2 Å². The molecular formula is C18H25ClN2O3. The monoisotopic (exact) mass is 352 g/mol. The van der Waals surface area contributed by atoms with E-state index in [9.17, 15) is 9.59 Å². The summed E-state index contributed by atoms with van der Waals surface area (Å²) in [5, 5.41) is 3.64. The highest BCUT2D eigenvalue weighted by Crippen LogP contribution is 2.22. The Morgan fingerprint density at radius 2 is 2.00 bits per heavy atom. The Morgan fingerprint density at radius 1 is 1.33 bits per heavy atom. The average Bonchev–Trinajstić information content (AvgIpc) is 2.56. The van der Waals surface area contributed by atoms with Gasteiger partial charge in [-0.15, -0.1) is 0 Å². The molecule has 1 aromatic carbocycles. The molecule has 0 bridgehead atoms. The van der Waals surface area contributed by atoms with Gasteiger partial charge in [-0.25, -0.2) is 0 Å². The molecule has 24 heavy (non-hydrogen) atoms. The van der Waals surface area contributed by atoms with Crippen LogP contribution in [0.1, 0.15) is 38.3 Å². The van der Waals surface area contributed by atoms with Crippen LogP contribution in [0.15, 0.2) is 24.3 Å². The molecule has 1 atom stereocenters. The predicted molar refractivity (Wildman–Crippen MR) is 93.8 cm³/mol. The number of esters is 1. The summed E-state index contributed by atoms with van der Waals surface area (Å²) in [5.74, 6) is -0.183. The fraction of sp³-hybridized carbons (Fsp3) is 0.556. The Bertz CT molecular complexity index is 571. The van der Waals surface area contributed by atoms with Crippen LogP contribution in [0.2, 0.25) is 5.02 Å². The predicted octanol–water partition coefficient (Wildman–Crippen LogP) is 2.79. The Labute approximate surface area is 148 Å². The maximum absolute atomic E-state index is 12.2. The number of nitrogens with one attached hydrogen (secondary N) is 1. The third-order valence-corrected chi connectivity index (χ3v) is 4.67. The van der Waals surface area contributed by atoms with Gasteiger partial charge in [0.2, 0.25) is 5.91 Å². The van der Waals surface area contributed by atoms with Crippen molar-refractivity contribution in [3.63, 3.8) is 0 Å². The van der Waals surface area contributed by atoms with Crippen molar-refractivity contribution in [2.45, 2.75) is 32.7 Å². The Morgan fingerprint density at radius 3 is 2.62 bits per heavy atom. The second-order valence-corrected chi connectivity index (χ2v) is 6.52. The fourth-order valence-electron chi connectivity index (χ4n) is 2.98. The molecule has 1 amide bonds. The summed E-state index contributed by atoms with van der Waals surface area (Å²) in [6.07, 6.45) is 1.48. The number of ether oxygens (including phenoxy) is 1. The van der Waals surface area contributed by atoms with Crippen molar-refractivity contribution in [1.82, 2.24) is 10.2 Å². The molecule has 0 radical (unpaired) electrons. The van der Waals surface area contributed by atoms with Crippen molar-refractivity contribution in [2.75, 3.05) is 26.2 Å². The number of amides is 1. The molecule has 5 nitrogen and oxygen atoms in total. The second kappa shape index (κ2) is 9.04. The first-order valence-corrected chi connectivity index (χ1v) is 8.81. The van der Waals surface area contributed by atoms with Crippen LogP contribution in [0.5, 0.6) is 0 Å². The number of halogens is 1. The molecule has 1 aliphatic heterocycles. The number of rotatable bonds is 6. The third-order valence-electron chi connectivity index (χ3n) is 4.32. The Hall–Kier alpha value is -1.59. The van der Waals surface area contributed by atoms with Gasteiger partial charge in [0, 0.05) is 5.02 Å². The van der Waals surface area contributed by atoms with Crippen molar-refractivity contribution in [3.8, 4) is 0 Å². The summed E-state index contributed by atoms with van der Waals surface area (Å²) in [6, 6.07) is 7.37. The van der Waals surface area contributed by atoms with Crippen LogP contribution in [0.3, 0.4) is 0 Å². The maximum atomic E-state index is 12.2. The zero-order valence-corrected chi connectivity index (χ0v) is 15.0. The van der Waals surface area contributed by atoms with E-state index in [4.69, 9.17) is 16.3 Å². The smallest absolute Gasteiger partial charge is 0.309 e. The number of nitrogens with zero attached hydrogens (tertiary/aromatic N) is 1. The minimum atomic E-state index is -0.136. The molecule has 1 heterocycles. The second-order valence-electron chi connectivity index (χ2n) is 6.11. The van der Waals surface area contributed by atoms with Crippen LogP contribution in [0.4, 0.5) is 0 Å². The molecule has 1 aromatic rings. The van der Waals surface area contributed by atoms with Crippen molar-refractivity contribution in [2.24, 2.45) is 5.92 Å². The van der Waals surface area contributed by atoms with Gasteiger partial charge in [0.05, 0.1) is 25.1 Å². The summed E-state index contributed by atoms with van der Waals surface area (Å²) in [6.45, 7) is 5.96. The first kappa shape index (κ1) is 18.7. The summed E-state index contributed by atoms with van der Waals surface area (Å²) in [7, 11) is 0. The number of carbonyl (C=O) groups excluding carboxylic acids is 2. The van der Waals surface area contributed by atoms with E-state index in [-0.39, 0.29) is 23.8 Å². The molecule has 0 aromatic heterocycles. The quantitative estimate of drug-likeness (QED) is 0.800. The number of hydrogen-bond donors (Lipinski definition) is 1. The summed E-state index contributed by atoms with van der Waals surface area (Å²) in [5.41, 5.74) is 0.911. The topological polar surface area (TPSA) is 58.6 Å². The average molecular weight is 353 g/mol. The standard InChI is InChI=1S/C18H25ClN2O3/c1-3-24-18(23)14-8-10-21(11-9-14)12-17(22)20-13(2)15-6-4-5-7-16(15)19/h4-7,13-14H,3,8-12H2,1-2H3,(H,20,22)/t13-/m1/s1. The molecule has 0 saturated carbocycles. The molecule has 6 heteroatoms. The summed E-state index contributed by atoms with van der Waals surface area (Å²) >= 11 is 6.16. The molecule has 1 aliphatic rings. The number of carbonyl (C=O) groups is 2. The lowest BCUT2D eigenvalue weighted by atomic mass is 9.97. The minimum Gasteiger partial charge on any atom is -0.466 e. The Balaban J connectivity index is 1.77. The first-order valence-electron chi connectivity index (χ1n) is 8.44. The van der Waals surface area contributed by atoms with Gasteiger partial charge in [0.1, 0.15) is 0 Å². The van der Waals surface area contributed by atoms with Crippen LogP contribution < -0.4 is 5.32 Å². The summed E-state index contributed by atoms with van der Waals surface area (Å²) < 4.78 is 5.06. The number of hydrogen-bond acceptors (Lipinski definition) is 4. The van der Waals surface area contributed by atoms with Gasteiger partial charge < -0.3 is 10.1 Å². The van der Waals surface area contributed by atoms with Crippen molar-refractivity contribution >= 4 is 23.5 Å². The van der Waals surface area contributed by atoms with E-state index in [1.165, 1.54) is 0 Å². The van der Waals surface area contributed by atoms with Gasteiger partial charge >= 0.3 is 5.97 Å². The summed E-state index contributed by atoms with van der Waals surface area (Å²) in [4.78, 5) is 26.0. The third kappa shape index (κ3) is 5.21. The van der Waals surface area contributed by atoms with Crippen LogP contribution in [-0.2, 0) is 14.3 Å². The van der Waals surface area contributed by atoms with Gasteiger partial charge in [-0.2, -0.15) is 0 Å². The highest BCUT2D eigenvalue weighted by molar-refractivity contribution is 6.31.